The van der Waals surface area contributed by atoms with Gasteiger partial charge in [0.2, 0.25) is 0 Å². The van der Waals surface area contributed by atoms with Crippen molar-refractivity contribution in [2.45, 2.75) is 68.7 Å². The van der Waals surface area contributed by atoms with Gasteiger partial charge in [0.15, 0.2) is 0 Å². The fourth-order valence-corrected chi connectivity index (χ4v) is 4.15. The quantitative estimate of drug-likeness (QED) is 0.543. The molecule has 3 rings (SSSR count). The number of hydrogen-bond donors (Lipinski definition) is 0. The van der Waals surface area contributed by atoms with E-state index in [9.17, 15) is 0 Å². The van der Waals surface area contributed by atoms with Gasteiger partial charge in [-0.25, -0.2) is 0 Å². The highest BCUT2D eigenvalue weighted by Crippen LogP contribution is 2.36. The van der Waals surface area contributed by atoms with Gasteiger partial charge in [0, 0.05) is 17.0 Å². The van der Waals surface area contributed by atoms with E-state index in [2.05, 4.69) is 72.8 Å². The van der Waals surface area contributed by atoms with Gasteiger partial charge in [0.25, 0.3) is 0 Å². The van der Waals surface area contributed by atoms with E-state index in [1.54, 1.807) is 0 Å². The highest BCUT2D eigenvalue weighted by atomic mass is 14.9. The molecule has 0 saturated heterocycles. The molecule has 0 amide bonds. The Balaban J connectivity index is 2.55. The van der Waals surface area contributed by atoms with Gasteiger partial charge in [0.1, 0.15) is 0 Å². The summed E-state index contributed by atoms with van der Waals surface area (Å²) in [6.45, 7) is 20.3. The minimum absolute atomic E-state index is 0.275. The van der Waals surface area contributed by atoms with E-state index in [4.69, 9.17) is 4.98 Å². The maximum absolute atomic E-state index is 4.87. The number of rotatable bonds is 1. The zero-order valence-corrected chi connectivity index (χ0v) is 16.7. The molecule has 128 valence electrons. The molecule has 0 spiro atoms. The fraction of sp³-hybridized carbons (Fsp3) is 0.500. The summed E-state index contributed by atoms with van der Waals surface area (Å²) >= 11 is 0. The summed E-state index contributed by atoms with van der Waals surface area (Å²) in [6, 6.07) is 2.20. The molecule has 2 nitrogen and oxygen atoms in total. The molecule has 3 aromatic rings. The van der Waals surface area contributed by atoms with Crippen molar-refractivity contribution >= 4 is 16.6 Å². The lowest BCUT2D eigenvalue weighted by Crippen LogP contribution is -2.14. The number of hydrogen-bond acceptors (Lipinski definition) is 1. The SMILES string of the molecule is Cc1cc(C)c2c(n1)c(C)c1c(C)c(C)c(CC(C)(C)C)c(C)n12. The van der Waals surface area contributed by atoms with Crippen LogP contribution in [0.1, 0.15) is 60.0 Å². The highest BCUT2D eigenvalue weighted by molar-refractivity contribution is 5.93. The van der Waals surface area contributed by atoms with Crippen LogP contribution in [0.2, 0.25) is 0 Å². The Hall–Kier alpha value is -1.83. The highest BCUT2D eigenvalue weighted by Gasteiger charge is 2.22. The smallest absolute Gasteiger partial charge is 0.0926 e. The molecule has 0 atom stereocenters. The number of fused-ring (bicyclic) bond motifs is 3. The van der Waals surface area contributed by atoms with Gasteiger partial charge in [-0.05, 0) is 81.7 Å². The molecule has 0 aliphatic rings. The number of aryl methyl sites for hydroxylation is 5. The molecule has 0 bridgehead atoms. The van der Waals surface area contributed by atoms with E-state index in [1.807, 2.05) is 0 Å². The minimum Gasteiger partial charge on any atom is -0.311 e. The first-order valence-corrected chi connectivity index (χ1v) is 8.90. The average Bonchev–Trinajstić information content (AvgIpc) is 2.74. The summed E-state index contributed by atoms with van der Waals surface area (Å²) in [5.41, 5.74) is 13.5. The van der Waals surface area contributed by atoms with Gasteiger partial charge >= 0.3 is 0 Å². The van der Waals surface area contributed by atoms with Gasteiger partial charge < -0.3 is 4.40 Å². The maximum Gasteiger partial charge on any atom is 0.0926 e. The number of pyridine rings is 2. The van der Waals surface area contributed by atoms with Crippen molar-refractivity contribution in [1.29, 1.82) is 0 Å². The number of aromatic nitrogens is 2. The predicted molar refractivity (Wildman–Crippen MR) is 104 cm³/mol. The molecule has 0 aliphatic heterocycles. The molecule has 3 heterocycles. The molecule has 0 saturated carbocycles. The molecular weight excluding hydrogens is 292 g/mol. The third kappa shape index (κ3) is 2.44. The average molecular weight is 322 g/mol. The molecule has 24 heavy (non-hydrogen) atoms. The Morgan fingerprint density at radius 1 is 0.875 bits per heavy atom. The van der Waals surface area contributed by atoms with Crippen molar-refractivity contribution in [1.82, 2.24) is 9.38 Å². The first-order valence-electron chi connectivity index (χ1n) is 8.90. The van der Waals surface area contributed by atoms with Crippen LogP contribution >= 0.6 is 0 Å². The van der Waals surface area contributed by atoms with E-state index in [0.717, 1.165) is 17.6 Å². The molecular formula is C22H30N2. The van der Waals surface area contributed by atoms with Crippen LogP contribution in [-0.4, -0.2) is 9.38 Å². The predicted octanol–water partition coefficient (Wildman–Crippen LogP) is 5.93. The summed E-state index contributed by atoms with van der Waals surface area (Å²) in [6.07, 6.45) is 1.10. The first kappa shape index (κ1) is 17.0. The van der Waals surface area contributed by atoms with Crippen LogP contribution in [0, 0.1) is 47.0 Å². The largest absolute Gasteiger partial charge is 0.311 e. The van der Waals surface area contributed by atoms with E-state index in [1.165, 1.54) is 44.5 Å². The van der Waals surface area contributed by atoms with Gasteiger partial charge in [-0.15, -0.1) is 0 Å². The lowest BCUT2D eigenvalue weighted by atomic mass is 9.84. The van der Waals surface area contributed by atoms with Crippen molar-refractivity contribution in [3.63, 3.8) is 0 Å². The zero-order chi connectivity index (χ0) is 18.0. The molecule has 3 aromatic heterocycles. The molecule has 0 aliphatic carbocycles. The third-order valence-electron chi connectivity index (χ3n) is 5.32. The van der Waals surface area contributed by atoms with Crippen LogP contribution in [0.15, 0.2) is 6.07 Å². The molecule has 0 aromatic carbocycles. The van der Waals surface area contributed by atoms with Crippen LogP contribution in [0.3, 0.4) is 0 Å². The Bertz CT molecular complexity index is 966. The monoisotopic (exact) mass is 322 g/mol. The molecule has 0 radical (unpaired) electrons. The maximum atomic E-state index is 4.87. The summed E-state index contributed by atoms with van der Waals surface area (Å²) < 4.78 is 2.47. The summed E-state index contributed by atoms with van der Waals surface area (Å²) in [7, 11) is 0. The molecule has 2 heteroatoms. The van der Waals surface area contributed by atoms with Crippen LogP contribution in [-0.2, 0) is 6.42 Å². The summed E-state index contributed by atoms with van der Waals surface area (Å²) in [5, 5.41) is 0. The second-order valence-electron chi connectivity index (χ2n) is 8.64. The van der Waals surface area contributed by atoms with Crippen LogP contribution in [0.25, 0.3) is 16.6 Å². The van der Waals surface area contributed by atoms with Crippen molar-refractivity contribution in [3.8, 4) is 0 Å². The zero-order valence-electron chi connectivity index (χ0n) is 16.7. The van der Waals surface area contributed by atoms with Crippen molar-refractivity contribution in [2.75, 3.05) is 0 Å². The normalized spacial score (nSPS) is 12.5. The Morgan fingerprint density at radius 2 is 1.50 bits per heavy atom. The van der Waals surface area contributed by atoms with Crippen LogP contribution in [0.4, 0.5) is 0 Å². The van der Waals surface area contributed by atoms with Crippen LogP contribution < -0.4 is 0 Å². The minimum atomic E-state index is 0.275. The second-order valence-corrected chi connectivity index (χ2v) is 8.64. The van der Waals surface area contributed by atoms with Crippen molar-refractivity contribution < 1.29 is 0 Å². The van der Waals surface area contributed by atoms with Gasteiger partial charge in [-0.2, -0.15) is 0 Å². The fourth-order valence-electron chi connectivity index (χ4n) is 4.15. The second kappa shape index (κ2) is 5.34. The van der Waals surface area contributed by atoms with Gasteiger partial charge in [0.05, 0.1) is 16.6 Å². The first-order chi connectivity index (χ1) is 11.0. The van der Waals surface area contributed by atoms with E-state index in [-0.39, 0.29) is 5.41 Å². The summed E-state index contributed by atoms with van der Waals surface area (Å²) in [4.78, 5) is 4.87. The van der Waals surface area contributed by atoms with E-state index in [0.29, 0.717) is 0 Å². The number of nitrogens with zero attached hydrogens (tertiary/aromatic N) is 2. The Morgan fingerprint density at radius 3 is 2.08 bits per heavy atom. The van der Waals surface area contributed by atoms with Crippen molar-refractivity contribution in [2.24, 2.45) is 5.41 Å². The topological polar surface area (TPSA) is 17.3 Å². The van der Waals surface area contributed by atoms with Crippen molar-refractivity contribution in [3.05, 3.63) is 45.3 Å². The lowest BCUT2D eigenvalue weighted by molar-refractivity contribution is 0.408. The molecule has 0 unspecified atom stereocenters. The van der Waals surface area contributed by atoms with E-state index >= 15 is 0 Å². The molecule has 0 fully saturated rings. The Labute approximate surface area is 145 Å². The van der Waals surface area contributed by atoms with Gasteiger partial charge in [-0.1, -0.05) is 20.8 Å². The Kier molecular flexibility index (Phi) is 3.78. The van der Waals surface area contributed by atoms with Gasteiger partial charge in [-0.3, -0.25) is 4.98 Å². The molecule has 0 N–H and O–H groups in total. The van der Waals surface area contributed by atoms with E-state index < -0.39 is 0 Å². The third-order valence-corrected chi connectivity index (χ3v) is 5.32. The van der Waals surface area contributed by atoms with Crippen LogP contribution in [0.5, 0.6) is 0 Å². The standard InChI is InChI=1S/C22H30N2/c1-12-10-13(2)23-19-16(5)21-15(4)14(3)18(11-22(7,8)9)17(6)24(21)20(12)19/h10H,11H2,1-9H3. The summed E-state index contributed by atoms with van der Waals surface area (Å²) in [5.74, 6) is 0. The lowest BCUT2D eigenvalue weighted by Gasteiger charge is -2.24.